The van der Waals surface area contributed by atoms with Crippen molar-refractivity contribution in [3.05, 3.63) is 71.5 Å². The molecule has 0 radical (unpaired) electrons. The fraction of sp³-hybridized carbons (Fsp3) is 0.143. The molecule has 0 unspecified atom stereocenters. The molecule has 0 spiro atoms. The standard InChI is InChI=1S/C21H19N5O6S2/c1-13-11-14(2)23-21(22-13)25-33(29,30)16-9-7-15(8-10-16)24-19(27)12-26-20(28)17-5-3-4-6-18(17)34(26,31)32/h3-11H,12H2,1-2H3,(H,24,27)(H,22,23,25). The largest absolute Gasteiger partial charge is 0.325 e. The number of hydrogen-bond acceptors (Lipinski definition) is 8. The maximum Gasteiger partial charge on any atom is 0.269 e. The zero-order chi connectivity index (χ0) is 24.7. The minimum atomic E-state index is -4.12. The minimum absolute atomic E-state index is 0.00476. The molecule has 13 heteroatoms. The second-order valence-electron chi connectivity index (χ2n) is 7.47. The van der Waals surface area contributed by atoms with Crippen LogP contribution in [0.15, 0.2) is 64.4 Å². The van der Waals surface area contributed by atoms with Crippen LogP contribution in [0.4, 0.5) is 11.6 Å². The lowest BCUT2D eigenvalue weighted by atomic mass is 10.2. The van der Waals surface area contributed by atoms with Gasteiger partial charge in [-0.15, -0.1) is 0 Å². The molecule has 1 aliphatic heterocycles. The highest BCUT2D eigenvalue weighted by atomic mass is 32.2. The molecular weight excluding hydrogens is 482 g/mol. The first-order valence-corrected chi connectivity index (χ1v) is 12.8. The van der Waals surface area contributed by atoms with E-state index in [1.54, 1.807) is 19.9 Å². The van der Waals surface area contributed by atoms with E-state index in [4.69, 9.17) is 0 Å². The number of aryl methyl sites for hydroxylation is 2. The van der Waals surface area contributed by atoms with Gasteiger partial charge in [-0.3, -0.25) is 9.59 Å². The lowest BCUT2D eigenvalue weighted by Crippen LogP contribution is -2.37. The highest BCUT2D eigenvalue weighted by molar-refractivity contribution is 7.92. The second-order valence-corrected chi connectivity index (χ2v) is 11.0. The third-order valence-corrected chi connectivity index (χ3v) is 7.99. The maximum atomic E-state index is 12.6. The van der Waals surface area contributed by atoms with Crippen LogP contribution in [-0.4, -0.2) is 49.5 Å². The van der Waals surface area contributed by atoms with E-state index in [1.165, 1.54) is 48.5 Å². The van der Waals surface area contributed by atoms with Crippen molar-refractivity contribution in [1.82, 2.24) is 14.3 Å². The van der Waals surface area contributed by atoms with Gasteiger partial charge in [-0.1, -0.05) is 12.1 Å². The van der Waals surface area contributed by atoms with E-state index in [2.05, 4.69) is 20.0 Å². The number of fused-ring (bicyclic) bond motifs is 1. The summed E-state index contributed by atoms with van der Waals surface area (Å²) in [5.74, 6) is -1.61. The van der Waals surface area contributed by atoms with Gasteiger partial charge in [0.05, 0.1) is 10.5 Å². The summed E-state index contributed by atoms with van der Waals surface area (Å²) >= 11 is 0. The quantitative estimate of drug-likeness (QED) is 0.517. The molecule has 2 N–H and O–H groups in total. The third kappa shape index (κ3) is 4.47. The summed E-state index contributed by atoms with van der Waals surface area (Å²) < 4.78 is 53.2. The molecular formula is C21H19N5O6S2. The Hall–Kier alpha value is -3.84. The Kier molecular flexibility index (Phi) is 5.83. The second kappa shape index (κ2) is 8.50. The van der Waals surface area contributed by atoms with Gasteiger partial charge in [0.1, 0.15) is 11.4 Å². The number of carbonyl (C=O) groups is 2. The molecule has 1 aliphatic rings. The number of aromatic nitrogens is 2. The Labute approximate surface area is 196 Å². The molecule has 2 amide bonds. The first kappa shape index (κ1) is 23.3. The van der Waals surface area contributed by atoms with Crippen LogP contribution in [-0.2, 0) is 24.8 Å². The van der Waals surface area contributed by atoms with Gasteiger partial charge in [-0.05, 0) is 56.3 Å². The van der Waals surface area contributed by atoms with Crippen molar-refractivity contribution in [3.8, 4) is 0 Å². The van der Waals surface area contributed by atoms with Crippen LogP contribution in [0, 0.1) is 13.8 Å². The summed E-state index contributed by atoms with van der Waals surface area (Å²) in [6, 6.07) is 12.6. The number of amides is 2. The van der Waals surface area contributed by atoms with Gasteiger partial charge in [0.25, 0.3) is 26.0 Å². The minimum Gasteiger partial charge on any atom is -0.325 e. The molecule has 0 saturated heterocycles. The van der Waals surface area contributed by atoms with Crippen LogP contribution >= 0.6 is 0 Å². The van der Waals surface area contributed by atoms with E-state index in [0.29, 0.717) is 15.7 Å². The Morgan fingerprint density at radius 3 is 2.24 bits per heavy atom. The average Bonchev–Trinajstić information content (AvgIpc) is 2.94. The highest BCUT2D eigenvalue weighted by Crippen LogP contribution is 2.29. The Morgan fingerprint density at radius 1 is 1.00 bits per heavy atom. The van der Waals surface area contributed by atoms with Crippen molar-refractivity contribution < 1.29 is 26.4 Å². The molecule has 4 rings (SSSR count). The molecule has 0 aliphatic carbocycles. The first-order valence-electron chi connectivity index (χ1n) is 9.88. The number of hydrogen-bond donors (Lipinski definition) is 2. The summed E-state index contributed by atoms with van der Waals surface area (Å²) in [5, 5.41) is 2.46. The van der Waals surface area contributed by atoms with E-state index < -0.39 is 38.4 Å². The number of rotatable bonds is 6. The van der Waals surface area contributed by atoms with Gasteiger partial charge < -0.3 is 5.32 Å². The summed E-state index contributed by atoms with van der Waals surface area (Å²) in [7, 11) is -8.11. The van der Waals surface area contributed by atoms with Crippen molar-refractivity contribution in [2.75, 3.05) is 16.6 Å². The molecule has 2 aromatic carbocycles. The monoisotopic (exact) mass is 501 g/mol. The smallest absolute Gasteiger partial charge is 0.269 e. The Bertz CT molecular complexity index is 1500. The van der Waals surface area contributed by atoms with Crippen LogP contribution < -0.4 is 10.0 Å². The molecule has 0 bridgehead atoms. The molecule has 2 heterocycles. The molecule has 0 saturated carbocycles. The van der Waals surface area contributed by atoms with Crippen molar-refractivity contribution in [2.24, 2.45) is 0 Å². The maximum absolute atomic E-state index is 12.6. The van der Waals surface area contributed by atoms with Gasteiger partial charge in [0.15, 0.2) is 0 Å². The van der Waals surface area contributed by atoms with Gasteiger partial charge in [-0.25, -0.2) is 35.8 Å². The van der Waals surface area contributed by atoms with Crippen molar-refractivity contribution >= 4 is 43.5 Å². The van der Waals surface area contributed by atoms with E-state index in [0.717, 1.165) is 0 Å². The summed E-state index contributed by atoms with van der Waals surface area (Å²) in [6.45, 7) is 2.70. The first-order chi connectivity index (χ1) is 16.0. The predicted molar refractivity (Wildman–Crippen MR) is 122 cm³/mol. The normalized spacial score (nSPS) is 14.5. The number of sulfonamides is 2. The fourth-order valence-electron chi connectivity index (χ4n) is 3.39. The zero-order valence-corrected chi connectivity index (χ0v) is 19.6. The van der Waals surface area contributed by atoms with Crippen LogP contribution in [0.2, 0.25) is 0 Å². The van der Waals surface area contributed by atoms with Crippen LogP contribution in [0.25, 0.3) is 0 Å². The Morgan fingerprint density at radius 2 is 1.62 bits per heavy atom. The molecule has 34 heavy (non-hydrogen) atoms. The summed E-state index contributed by atoms with van der Waals surface area (Å²) in [6.07, 6.45) is 0. The van der Waals surface area contributed by atoms with Crippen LogP contribution in [0.5, 0.6) is 0 Å². The van der Waals surface area contributed by atoms with E-state index in [9.17, 15) is 26.4 Å². The number of anilines is 2. The van der Waals surface area contributed by atoms with Crippen molar-refractivity contribution in [1.29, 1.82) is 0 Å². The van der Waals surface area contributed by atoms with E-state index in [-0.39, 0.29) is 27.0 Å². The molecule has 3 aromatic rings. The number of carbonyl (C=O) groups excluding carboxylic acids is 2. The van der Waals surface area contributed by atoms with Crippen LogP contribution in [0.3, 0.4) is 0 Å². The topological polar surface area (TPSA) is 156 Å². The van der Waals surface area contributed by atoms with Gasteiger partial charge in [-0.2, -0.15) is 0 Å². The lowest BCUT2D eigenvalue weighted by Gasteiger charge is -2.15. The molecule has 1 aromatic heterocycles. The van der Waals surface area contributed by atoms with Crippen molar-refractivity contribution in [3.63, 3.8) is 0 Å². The zero-order valence-electron chi connectivity index (χ0n) is 18.0. The SMILES string of the molecule is Cc1cc(C)nc(NS(=O)(=O)c2ccc(NC(=O)CN3C(=O)c4ccccc4S3(=O)=O)cc2)n1. The highest BCUT2D eigenvalue weighted by Gasteiger charge is 2.41. The Balaban J connectivity index is 1.45. The summed E-state index contributed by atoms with van der Waals surface area (Å²) in [4.78, 5) is 32.7. The van der Waals surface area contributed by atoms with E-state index >= 15 is 0 Å². The summed E-state index contributed by atoms with van der Waals surface area (Å²) in [5.41, 5.74) is 1.42. The fourth-order valence-corrected chi connectivity index (χ4v) is 5.86. The van der Waals surface area contributed by atoms with Gasteiger partial charge >= 0.3 is 0 Å². The average molecular weight is 502 g/mol. The molecule has 176 valence electrons. The molecule has 11 nitrogen and oxygen atoms in total. The third-order valence-electron chi connectivity index (χ3n) is 4.86. The molecule has 0 fully saturated rings. The lowest BCUT2D eigenvalue weighted by molar-refractivity contribution is -0.116. The van der Waals surface area contributed by atoms with Crippen molar-refractivity contribution in [2.45, 2.75) is 23.6 Å². The van der Waals surface area contributed by atoms with Crippen LogP contribution in [0.1, 0.15) is 21.7 Å². The number of benzene rings is 2. The number of nitrogens with zero attached hydrogens (tertiary/aromatic N) is 3. The van der Waals surface area contributed by atoms with E-state index in [1.807, 2.05) is 0 Å². The van der Waals surface area contributed by atoms with Gasteiger partial charge in [0, 0.05) is 17.1 Å². The predicted octanol–water partition coefficient (Wildman–Crippen LogP) is 1.68. The molecule has 0 atom stereocenters. The number of nitrogens with one attached hydrogen (secondary N) is 2. The van der Waals surface area contributed by atoms with Gasteiger partial charge in [0.2, 0.25) is 11.9 Å².